The van der Waals surface area contributed by atoms with Gasteiger partial charge in [0.1, 0.15) is 22.9 Å². The Bertz CT molecular complexity index is 2100. The smallest absolute Gasteiger partial charge is 0.257 e. The molecule has 0 aliphatic carbocycles. The largest absolute Gasteiger partial charge is 0.497 e. The third-order valence-corrected chi connectivity index (χ3v) is 8.12. The number of hydrogen-bond donors (Lipinski definition) is 2. The number of hydrogen-bond acceptors (Lipinski definition) is 5. The third kappa shape index (κ3) is 4.91. The molecule has 1 unspecified atom stereocenters. The predicted molar refractivity (Wildman–Crippen MR) is 168 cm³/mol. The fourth-order valence-corrected chi connectivity index (χ4v) is 5.96. The molecular formula is C35H31N5O3. The van der Waals surface area contributed by atoms with Gasteiger partial charge in [-0.15, -0.1) is 0 Å². The summed E-state index contributed by atoms with van der Waals surface area (Å²) in [6.07, 6.45) is 2.54. The standard InChI is InChI=1S/C35H31N5O3/c1-21-33(22(2)43-39-21)35(41)38-31(17-26-19-36-29-11-7-6-10-28(26)29)34-37-30-15-14-27(42-3)18-32(30)40(34)20-23-12-13-24-8-4-5-9-25(24)16-23/h4-16,18-19,31,36H,17,20H2,1-3H3,(H,38,41). The average molecular weight is 570 g/mol. The zero-order chi connectivity index (χ0) is 29.5. The summed E-state index contributed by atoms with van der Waals surface area (Å²) < 4.78 is 13.1. The van der Waals surface area contributed by atoms with Crippen molar-refractivity contribution in [3.8, 4) is 5.75 Å². The Morgan fingerprint density at radius 2 is 1.81 bits per heavy atom. The molecule has 7 rings (SSSR count). The Hall–Kier alpha value is -5.37. The van der Waals surface area contributed by atoms with Gasteiger partial charge in [0.25, 0.3) is 5.91 Å². The summed E-state index contributed by atoms with van der Waals surface area (Å²) in [6, 6.07) is 28.5. The number of carbonyl (C=O) groups excluding carboxylic acids is 1. The predicted octanol–water partition coefficient (Wildman–Crippen LogP) is 7.05. The van der Waals surface area contributed by atoms with E-state index >= 15 is 0 Å². The van der Waals surface area contributed by atoms with E-state index in [0.717, 1.165) is 44.6 Å². The van der Waals surface area contributed by atoms with Crippen LogP contribution in [0.3, 0.4) is 0 Å². The Morgan fingerprint density at radius 3 is 2.63 bits per heavy atom. The number of ether oxygens (including phenoxy) is 1. The number of nitrogens with zero attached hydrogens (tertiary/aromatic N) is 3. The van der Waals surface area contributed by atoms with Gasteiger partial charge in [0, 0.05) is 36.1 Å². The van der Waals surface area contributed by atoms with Gasteiger partial charge >= 0.3 is 0 Å². The van der Waals surface area contributed by atoms with Crippen LogP contribution in [0.15, 0.2) is 95.6 Å². The number of H-pyrrole nitrogens is 1. The second kappa shape index (κ2) is 10.8. The van der Waals surface area contributed by atoms with Gasteiger partial charge in [-0.25, -0.2) is 4.98 Å². The number of para-hydroxylation sites is 1. The van der Waals surface area contributed by atoms with Gasteiger partial charge in [-0.05, 0) is 60.0 Å². The van der Waals surface area contributed by atoms with E-state index in [4.69, 9.17) is 14.2 Å². The first-order valence-electron chi connectivity index (χ1n) is 14.3. The van der Waals surface area contributed by atoms with Crippen molar-refractivity contribution in [2.45, 2.75) is 32.9 Å². The van der Waals surface area contributed by atoms with Crippen molar-refractivity contribution in [3.63, 3.8) is 0 Å². The molecule has 0 aliphatic rings. The van der Waals surface area contributed by atoms with Crippen LogP contribution in [0.1, 0.15) is 44.8 Å². The van der Waals surface area contributed by atoms with Crippen molar-refractivity contribution in [2.75, 3.05) is 7.11 Å². The summed E-state index contributed by atoms with van der Waals surface area (Å²) >= 11 is 0. The second-order valence-electron chi connectivity index (χ2n) is 10.9. The molecule has 214 valence electrons. The van der Waals surface area contributed by atoms with Crippen LogP contribution in [-0.4, -0.2) is 32.7 Å². The lowest BCUT2D eigenvalue weighted by Crippen LogP contribution is -2.32. The maximum absolute atomic E-state index is 13.8. The lowest BCUT2D eigenvalue weighted by atomic mass is 10.0. The molecular weight excluding hydrogens is 538 g/mol. The highest BCUT2D eigenvalue weighted by Crippen LogP contribution is 2.31. The zero-order valence-corrected chi connectivity index (χ0v) is 24.2. The summed E-state index contributed by atoms with van der Waals surface area (Å²) in [5.74, 6) is 1.73. The third-order valence-electron chi connectivity index (χ3n) is 8.12. The van der Waals surface area contributed by atoms with E-state index in [0.29, 0.717) is 30.0 Å². The van der Waals surface area contributed by atoms with Crippen molar-refractivity contribution >= 4 is 38.6 Å². The minimum atomic E-state index is -0.459. The molecule has 1 atom stereocenters. The molecule has 0 fully saturated rings. The van der Waals surface area contributed by atoms with E-state index in [-0.39, 0.29) is 5.91 Å². The number of benzene rings is 4. The molecule has 0 spiro atoms. The van der Waals surface area contributed by atoms with E-state index in [9.17, 15) is 4.79 Å². The molecule has 43 heavy (non-hydrogen) atoms. The molecule has 1 amide bonds. The highest BCUT2D eigenvalue weighted by atomic mass is 16.5. The van der Waals surface area contributed by atoms with E-state index in [1.165, 1.54) is 10.8 Å². The summed E-state index contributed by atoms with van der Waals surface area (Å²) in [5.41, 5.74) is 6.01. The molecule has 8 nitrogen and oxygen atoms in total. The van der Waals surface area contributed by atoms with Crippen LogP contribution in [-0.2, 0) is 13.0 Å². The number of carbonyl (C=O) groups is 1. The number of methoxy groups -OCH3 is 1. The Kier molecular flexibility index (Phi) is 6.66. The van der Waals surface area contributed by atoms with E-state index < -0.39 is 6.04 Å². The topological polar surface area (TPSA) is 98.0 Å². The fraction of sp³-hybridized carbons (Fsp3) is 0.171. The lowest BCUT2D eigenvalue weighted by molar-refractivity contribution is 0.0932. The number of aryl methyl sites for hydroxylation is 2. The van der Waals surface area contributed by atoms with Crippen molar-refractivity contribution in [3.05, 3.63) is 125 Å². The zero-order valence-electron chi connectivity index (χ0n) is 24.2. The van der Waals surface area contributed by atoms with Gasteiger partial charge in [-0.2, -0.15) is 0 Å². The highest BCUT2D eigenvalue weighted by Gasteiger charge is 2.27. The molecule has 3 aromatic heterocycles. The van der Waals surface area contributed by atoms with E-state index in [2.05, 4.69) is 68.6 Å². The monoisotopic (exact) mass is 569 g/mol. The minimum absolute atomic E-state index is 0.247. The molecule has 4 aromatic carbocycles. The number of imidazole rings is 1. The summed E-state index contributed by atoms with van der Waals surface area (Å²) in [5, 5.41) is 10.8. The van der Waals surface area contributed by atoms with Gasteiger partial charge in [0.2, 0.25) is 0 Å². The van der Waals surface area contributed by atoms with Crippen LogP contribution in [0.2, 0.25) is 0 Å². The number of aromatic amines is 1. The number of aromatic nitrogens is 4. The van der Waals surface area contributed by atoms with E-state index in [1.807, 2.05) is 42.6 Å². The van der Waals surface area contributed by atoms with Crippen molar-refractivity contribution in [2.24, 2.45) is 0 Å². The maximum atomic E-state index is 13.8. The molecule has 8 heteroatoms. The van der Waals surface area contributed by atoms with Gasteiger partial charge in [0.15, 0.2) is 0 Å². The SMILES string of the molecule is COc1ccc2nc(C(Cc3c[nH]c4ccccc34)NC(=O)c3c(C)noc3C)n(Cc3ccc4ccccc4c3)c2c1. The maximum Gasteiger partial charge on any atom is 0.257 e. The number of fused-ring (bicyclic) bond motifs is 3. The quantitative estimate of drug-likeness (QED) is 0.204. The Balaban J connectivity index is 1.37. The van der Waals surface area contributed by atoms with Crippen molar-refractivity contribution < 1.29 is 14.1 Å². The van der Waals surface area contributed by atoms with Crippen LogP contribution in [0.5, 0.6) is 5.75 Å². The summed E-state index contributed by atoms with van der Waals surface area (Å²) in [6.45, 7) is 4.10. The van der Waals surface area contributed by atoms with Gasteiger partial charge < -0.3 is 24.1 Å². The number of nitrogens with one attached hydrogen (secondary N) is 2. The molecule has 3 heterocycles. The van der Waals surface area contributed by atoms with Crippen LogP contribution < -0.4 is 10.1 Å². The first-order valence-corrected chi connectivity index (χ1v) is 14.3. The molecule has 0 saturated heterocycles. The van der Waals surface area contributed by atoms with Crippen molar-refractivity contribution in [1.29, 1.82) is 0 Å². The minimum Gasteiger partial charge on any atom is -0.497 e. The average Bonchev–Trinajstić information content (AvgIpc) is 3.71. The van der Waals surface area contributed by atoms with Gasteiger partial charge in [0.05, 0.1) is 29.9 Å². The van der Waals surface area contributed by atoms with Crippen LogP contribution in [0.25, 0.3) is 32.7 Å². The molecule has 0 radical (unpaired) electrons. The van der Waals surface area contributed by atoms with Crippen molar-refractivity contribution in [1.82, 2.24) is 25.0 Å². The first-order chi connectivity index (χ1) is 21.0. The number of amides is 1. The Labute approximate surface area is 248 Å². The second-order valence-corrected chi connectivity index (χ2v) is 10.9. The Morgan fingerprint density at radius 1 is 1.00 bits per heavy atom. The van der Waals surface area contributed by atoms with E-state index in [1.54, 1.807) is 21.0 Å². The van der Waals surface area contributed by atoms with Gasteiger partial charge in [-0.3, -0.25) is 4.79 Å². The highest BCUT2D eigenvalue weighted by molar-refractivity contribution is 5.96. The summed E-state index contributed by atoms with van der Waals surface area (Å²) in [4.78, 5) is 22.3. The fourth-order valence-electron chi connectivity index (χ4n) is 5.96. The molecule has 0 saturated carbocycles. The van der Waals surface area contributed by atoms with Crippen LogP contribution >= 0.6 is 0 Å². The van der Waals surface area contributed by atoms with Crippen LogP contribution in [0, 0.1) is 13.8 Å². The normalized spacial score (nSPS) is 12.3. The number of rotatable bonds is 8. The van der Waals surface area contributed by atoms with Gasteiger partial charge in [-0.1, -0.05) is 59.8 Å². The molecule has 7 aromatic rings. The van der Waals surface area contributed by atoms with Crippen LogP contribution in [0.4, 0.5) is 0 Å². The first kappa shape index (κ1) is 26.5. The molecule has 0 bridgehead atoms. The molecule has 2 N–H and O–H groups in total. The molecule has 0 aliphatic heterocycles. The lowest BCUT2D eigenvalue weighted by Gasteiger charge is -2.21. The summed E-state index contributed by atoms with van der Waals surface area (Å²) in [7, 11) is 1.66.